The van der Waals surface area contributed by atoms with Crippen LogP contribution in [0.3, 0.4) is 0 Å². The molecule has 1 aliphatic rings. The number of anilines is 4. The van der Waals surface area contributed by atoms with E-state index in [2.05, 4.69) is 24.1 Å². The van der Waals surface area contributed by atoms with E-state index in [1.54, 1.807) is 24.3 Å². The summed E-state index contributed by atoms with van der Waals surface area (Å²) in [5.41, 5.74) is 4.25. The molecule has 1 N–H and O–H groups in total. The summed E-state index contributed by atoms with van der Waals surface area (Å²) < 4.78 is 33.2. The van der Waals surface area contributed by atoms with Crippen molar-refractivity contribution in [1.29, 1.82) is 0 Å². The second-order valence-corrected chi connectivity index (χ2v) is 11.8. The van der Waals surface area contributed by atoms with Crippen molar-refractivity contribution in [2.24, 2.45) is 0 Å². The number of rotatable bonds is 9. The lowest BCUT2D eigenvalue weighted by Crippen LogP contribution is -2.29. The molecule has 0 fully saturated rings. The van der Waals surface area contributed by atoms with Crippen molar-refractivity contribution in [1.82, 2.24) is 0 Å². The molecular formula is C32H31N3O5S. The maximum Gasteiger partial charge on any atom is 0.338 e. The number of carbonyl (C=O) groups is 2. The number of benzene rings is 4. The summed E-state index contributed by atoms with van der Waals surface area (Å²) in [6, 6.07) is 30.7. The third kappa shape index (κ3) is 6.10. The Morgan fingerprint density at radius 3 is 2.29 bits per heavy atom. The summed E-state index contributed by atoms with van der Waals surface area (Å²) >= 11 is 0. The molecule has 0 saturated carbocycles. The van der Waals surface area contributed by atoms with Gasteiger partial charge in [-0.05, 0) is 86.5 Å². The molecule has 0 radical (unpaired) electrons. The first-order valence-electron chi connectivity index (χ1n) is 13.4. The van der Waals surface area contributed by atoms with Crippen LogP contribution < -0.4 is 14.5 Å². The fraction of sp³-hybridized carbons (Fsp3) is 0.188. The highest BCUT2D eigenvalue weighted by Gasteiger charge is 2.31. The molecule has 0 aromatic heterocycles. The Hall–Kier alpha value is -4.63. The molecule has 210 valence electrons. The highest BCUT2D eigenvalue weighted by atomic mass is 32.2. The van der Waals surface area contributed by atoms with E-state index >= 15 is 0 Å². The molecule has 1 heterocycles. The van der Waals surface area contributed by atoms with Crippen LogP contribution in [0.15, 0.2) is 108 Å². The summed E-state index contributed by atoms with van der Waals surface area (Å²) in [5, 5.41) is 2.73. The van der Waals surface area contributed by atoms with E-state index in [-0.39, 0.29) is 16.5 Å². The standard InChI is InChI=1S/C32H31N3O5S/c1-23(2)35(27-11-4-3-5-12-27)28-17-15-26(16-18-28)33-31(36)22-40-32(37)25-10-8-13-29(21-25)41(38,39)34-20-19-24-9-6-7-14-30(24)34/h3-18,21,23H,19-20,22H2,1-2H3,(H,33,36). The molecule has 1 amide bonds. The Bertz CT molecular complexity index is 1650. The number of para-hydroxylation sites is 2. The van der Waals surface area contributed by atoms with E-state index in [1.165, 1.54) is 28.6 Å². The van der Waals surface area contributed by atoms with E-state index in [0.717, 1.165) is 16.9 Å². The second kappa shape index (κ2) is 11.9. The van der Waals surface area contributed by atoms with Crippen molar-refractivity contribution in [2.75, 3.05) is 27.7 Å². The molecule has 41 heavy (non-hydrogen) atoms. The number of ether oxygens (including phenoxy) is 1. The molecule has 0 atom stereocenters. The van der Waals surface area contributed by atoms with Crippen molar-refractivity contribution in [3.63, 3.8) is 0 Å². The maximum absolute atomic E-state index is 13.3. The highest BCUT2D eigenvalue weighted by Crippen LogP contribution is 2.33. The Morgan fingerprint density at radius 1 is 0.878 bits per heavy atom. The third-order valence-corrected chi connectivity index (χ3v) is 8.63. The van der Waals surface area contributed by atoms with Crippen LogP contribution in [0.4, 0.5) is 22.7 Å². The Morgan fingerprint density at radius 2 is 1.56 bits per heavy atom. The zero-order chi connectivity index (χ0) is 29.0. The number of fused-ring (bicyclic) bond motifs is 1. The maximum atomic E-state index is 13.3. The van der Waals surface area contributed by atoms with Gasteiger partial charge in [-0.3, -0.25) is 9.10 Å². The van der Waals surface area contributed by atoms with Crippen LogP contribution in [-0.4, -0.2) is 39.5 Å². The molecule has 0 aliphatic carbocycles. The topological polar surface area (TPSA) is 96.0 Å². The van der Waals surface area contributed by atoms with Gasteiger partial charge in [0.25, 0.3) is 15.9 Å². The molecule has 8 nitrogen and oxygen atoms in total. The van der Waals surface area contributed by atoms with Crippen molar-refractivity contribution in [3.05, 3.63) is 114 Å². The van der Waals surface area contributed by atoms with Crippen molar-refractivity contribution < 1.29 is 22.7 Å². The number of carbonyl (C=O) groups excluding carboxylic acids is 2. The van der Waals surface area contributed by atoms with E-state index in [0.29, 0.717) is 24.3 Å². The molecule has 9 heteroatoms. The zero-order valence-corrected chi connectivity index (χ0v) is 23.7. The van der Waals surface area contributed by atoms with Crippen LogP contribution in [-0.2, 0) is 26.0 Å². The number of esters is 1. The number of sulfonamides is 1. The van der Waals surface area contributed by atoms with Crippen LogP contribution in [0.25, 0.3) is 0 Å². The van der Waals surface area contributed by atoms with E-state index in [1.807, 2.05) is 54.6 Å². The first kappa shape index (κ1) is 27.9. The van der Waals surface area contributed by atoms with Crippen molar-refractivity contribution >= 4 is 44.6 Å². The van der Waals surface area contributed by atoms with Crippen LogP contribution in [0.1, 0.15) is 29.8 Å². The minimum Gasteiger partial charge on any atom is -0.452 e. The van der Waals surface area contributed by atoms with Crippen LogP contribution in [0.2, 0.25) is 0 Å². The molecule has 0 unspecified atom stereocenters. The molecule has 4 aromatic rings. The van der Waals surface area contributed by atoms with E-state index in [9.17, 15) is 18.0 Å². The number of amides is 1. The molecule has 5 rings (SSSR count). The van der Waals surface area contributed by atoms with Gasteiger partial charge in [0.1, 0.15) is 0 Å². The summed E-state index contributed by atoms with van der Waals surface area (Å²) in [7, 11) is -3.87. The predicted octanol–water partition coefficient (Wildman–Crippen LogP) is 5.78. The van der Waals surface area contributed by atoms with E-state index < -0.39 is 28.5 Å². The van der Waals surface area contributed by atoms with Gasteiger partial charge in [-0.2, -0.15) is 0 Å². The predicted molar refractivity (Wildman–Crippen MR) is 160 cm³/mol. The molecule has 0 saturated heterocycles. The molecule has 0 bridgehead atoms. The van der Waals surface area contributed by atoms with Crippen LogP contribution >= 0.6 is 0 Å². The van der Waals surface area contributed by atoms with Gasteiger partial charge in [0, 0.05) is 29.6 Å². The van der Waals surface area contributed by atoms with Gasteiger partial charge in [-0.25, -0.2) is 13.2 Å². The summed E-state index contributed by atoms with van der Waals surface area (Å²) in [4.78, 5) is 27.4. The lowest BCUT2D eigenvalue weighted by molar-refractivity contribution is -0.119. The lowest BCUT2D eigenvalue weighted by Gasteiger charge is -2.29. The smallest absolute Gasteiger partial charge is 0.338 e. The van der Waals surface area contributed by atoms with E-state index in [4.69, 9.17) is 4.74 Å². The van der Waals surface area contributed by atoms with Crippen molar-refractivity contribution in [3.8, 4) is 0 Å². The zero-order valence-electron chi connectivity index (χ0n) is 22.9. The van der Waals surface area contributed by atoms with Crippen LogP contribution in [0.5, 0.6) is 0 Å². The van der Waals surface area contributed by atoms with Gasteiger partial charge in [0.05, 0.1) is 16.1 Å². The lowest BCUT2D eigenvalue weighted by atomic mass is 10.2. The van der Waals surface area contributed by atoms with Crippen LogP contribution in [0, 0.1) is 0 Å². The number of hydrogen-bond acceptors (Lipinski definition) is 6. The average Bonchev–Trinajstić information content (AvgIpc) is 3.43. The Balaban J connectivity index is 1.20. The average molecular weight is 570 g/mol. The van der Waals surface area contributed by atoms with Gasteiger partial charge in [-0.1, -0.05) is 42.5 Å². The van der Waals surface area contributed by atoms with Gasteiger partial charge in [-0.15, -0.1) is 0 Å². The fourth-order valence-corrected chi connectivity index (χ4v) is 6.47. The summed E-state index contributed by atoms with van der Waals surface area (Å²) in [6.45, 7) is 4.03. The summed E-state index contributed by atoms with van der Waals surface area (Å²) in [6.07, 6.45) is 0.623. The van der Waals surface area contributed by atoms with Gasteiger partial charge in [0.2, 0.25) is 0 Å². The summed E-state index contributed by atoms with van der Waals surface area (Å²) in [5.74, 6) is -1.29. The molecular weight excluding hydrogens is 538 g/mol. The SMILES string of the molecule is CC(C)N(c1ccccc1)c1ccc(NC(=O)COC(=O)c2cccc(S(=O)(=O)N3CCc4ccccc43)c2)cc1. The highest BCUT2D eigenvalue weighted by molar-refractivity contribution is 7.92. The number of nitrogens with one attached hydrogen (secondary N) is 1. The normalized spacial score (nSPS) is 12.6. The van der Waals surface area contributed by atoms with Gasteiger partial charge in [0.15, 0.2) is 6.61 Å². The monoisotopic (exact) mass is 569 g/mol. The van der Waals surface area contributed by atoms with Gasteiger partial charge < -0.3 is 15.0 Å². The Kier molecular flexibility index (Phi) is 8.07. The first-order valence-corrected chi connectivity index (χ1v) is 14.8. The first-order chi connectivity index (χ1) is 19.7. The number of nitrogens with zero attached hydrogens (tertiary/aromatic N) is 2. The molecule has 1 aliphatic heterocycles. The van der Waals surface area contributed by atoms with Crippen molar-refractivity contribution in [2.45, 2.75) is 31.2 Å². The second-order valence-electron chi connectivity index (χ2n) is 9.95. The molecule has 4 aromatic carbocycles. The largest absolute Gasteiger partial charge is 0.452 e. The third-order valence-electron chi connectivity index (χ3n) is 6.82. The quantitative estimate of drug-likeness (QED) is 0.257. The minimum absolute atomic E-state index is 0.0147. The fourth-order valence-electron chi connectivity index (χ4n) is 4.92. The number of hydrogen-bond donors (Lipinski definition) is 1. The van der Waals surface area contributed by atoms with Gasteiger partial charge >= 0.3 is 5.97 Å². The molecule has 0 spiro atoms. The minimum atomic E-state index is -3.87. The Labute approximate surface area is 240 Å².